The number of hydrogen-bond acceptors (Lipinski definition) is 7. The summed E-state index contributed by atoms with van der Waals surface area (Å²) in [5.41, 5.74) is 0.346. The summed E-state index contributed by atoms with van der Waals surface area (Å²) < 4.78 is 34.1. The van der Waals surface area contributed by atoms with Crippen molar-refractivity contribution in [1.82, 2.24) is 14.7 Å². The van der Waals surface area contributed by atoms with E-state index in [9.17, 15) is 13.2 Å². The Morgan fingerprint density at radius 1 is 1.12 bits per heavy atom. The van der Waals surface area contributed by atoms with Gasteiger partial charge >= 0.3 is 0 Å². The van der Waals surface area contributed by atoms with E-state index in [1.165, 1.54) is 6.07 Å². The first-order chi connectivity index (χ1) is 15.4. The van der Waals surface area contributed by atoms with Gasteiger partial charge in [-0.3, -0.25) is 9.78 Å². The Kier molecular flexibility index (Phi) is 5.00. The zero-order valence-corrected chi connectivity index (χ0v) is 18.6. The number of fused-ring (bicyclic) bond motifs is 1. The molecule has 0 radical (unpaired) electrons. The first-order valence-electron chi connectivity index (χ1n) is 10.7. The van der Waals surface area contributed by atoms with Gasteiger partial charge in [0.1, 0.15) is 11.6 Å². The maximum absolute atomic E-state index is 13.4. The number of nitrogens with zero attached hydrogens (tertiary/aromatic N) is 3. The summed E-state index contributed by atoms with van der Waals surface area (Å²) >= 11 is 0. The number of ether oxygens (including phenoxy) is 1. The van der Waals surface area contributed by atoms with Gasteiger partial charge in [-0.25, -0.2) is 18.1 Å². The number of carbonyl (C=O) groups excluding carboxylic acids is 1. The molecule has 1 saturated heterocycles. The van der Waals surface area contributed by atoms with Gasteiger partial charge in [0.15, 0.2) is 0 Å². The van der Waals surface area contributed by atoms with Crippen molar-refractivity contribution in [3.05, 3.63) is 54.4 Å². The van der Waals surface area contributed by atoms with E-state index in [0.717, 1.165) is 37.3 Å². The zero-order valence-electron chi connectivity index (χ0n) is 17.7. The Morgan fingerprint density at radius 2 is 1.91 bits per heavy atom. The van der Waals surface area contributed by atoms with Crippen molar-refractivity contribution >= 4 is 32.7 Å². The molecule has 3 heterocycles. The lowest BCUT2D eigenvalue weighted by molar-refractivity contribution is -0.121. The number of hydrogen-bond donors (Lipinski definition) is 1. The molecule has 0 spiro atoms. The zero-order chi connectivity index (χ0) is 22.3. The van der Waals surface area contributed by atoms with Crippen LogP contribution in [0, 0.1) is 0 Å². The number of benzene rings is 1. The van der Waals surface area contributed by atoms with E-state index in [4.69, 9.17) is 4.74 Å². The van der Waals surface area contributed by atoms with Crippen molar-refractivity contribution in [2.75, 3.05) is 25.1 Å². The molecule has 1 amide bonds. The highest BCUT2D eigenvalue weighted by molar-refractivity contribution is 7.90. The minimum atomic E-state index is -4.09. The fourth-order valence-corrected chi connectivity index (χ4v) is 5.68. The third-order valence-corrected chi connectivity index (χ3v) is 7.69. The van der Waals surface area contributed by atoms with Crippen LogP contribution in [0.4, 0.5) is 5.82 Å². The predicted molar refractivity (Wildman–Crippen MR) is 120 cm³/mol. The average Bonchev–Trinajstić information content (AvgIpc) is 3.45. The molecule has 32 heavy (non-hydrogen) atoms. The van der Waals surface area contributed by atoms with Crippen molar-refractivity contribution in [1.29, 1.82) is 0 Å². The quantitative estimate of drug-likeness (QED) is 0.614. The standard InChI is InChI=1S/C23H24N4O4S/c1-31-16-14-18(21(25-15-16)27-12-2-3-13-27)23(9-10-23)22(28)26-32(29,30)20-8-4-7-19-17(20)6-5-11-24-19/h4-8,11,14-15H,2-3,9-10,12-13H2,1H3,(H,26,28). The molecule has 1 aromatic carbocycles. The molecule has 0 atom stereocenters. The maximum Gasteiger partial charge on any atom is 0.264 e. The molecule has 3 aromatic rings. The van der Waals surface area contributed by atoms with Gasteiger partial charge in [-0.1, -0.05) is 6.07 Å². The Balaban J connectivity index is 1.51. The van der Waals surface area contributed by atoms with Gasteiger partial charge in [0, 0.05) is 30.2 Å². The first-order valence-corrected chi connectivity index (χ1v) is 12.1. The molecular weight excluding hydrogens is 428 g/mol. The molecule has 0 bridgehead atoms. The summed E-state index contributed by atoms with van der Waals surface area (Å²) in [6.45, 7) is 1.73. The molecule has 2 aromatic heterocycles. The lowest BCUT2D eigenvalue weighted by atomic mass is 9.95. The third kappa shape index (κ3) is 3.46. The van der Waals surface area contributed by atoms with E-state index in [2.05, 4.69) is 19.6 Å². The van der Waals surface area contributed by atoms with Crippen LogP contribution in [0.1, 0.15) is 31.2 Å². The number of carbonyl (C=O) groups is 1. The highest BCUT2D eigenvalue weighted by Crippen LogP contribution is 2.52. The predicted octanol–water partition coefficient (Wildman–Crippen LogP) is 2.78. The average molecular weight is 453 g/mol. The fourth-order valence-electron chi connectivity index (χ4n) is 4.41. The Morgan fingerprint density at radius 3 is 2.62 bits per heavy atom. The van der Waals surface area contributed by atoms with E-state index >= 15 is 0 Å². The molecule has 1 saturated carbocycles. The van der Waals surface area contributed by atoms with Crippen LogP contribution in [0.3, 0.4) is 0 Å². The number of rotatable bonds is 6. The van der Waals surface area contributed by atoms with Crippen molar-refractivity contribution in [2.24, 2.45) is 0 Å². The van der Waals surface area contributed by atoms with Crippen LogP contribution < -0.4 is 14.4 Å². The second-order valence-corrected chi connectivity index (χ2v) is 9.93. The molecular formula is C23H24N4O4S. The number of pyridine rings is 2. The van der Waals surface area contributed by atoms with Gasteiger partial charge in [0.05, 0.1) is 29.1 Å². The van der Waals surface area contributed by atoms with Crippen LogP contribution in [-0.4, -0.2) is 44.5 Å². The molecule has 2 aliphatic rings. The number of aromatic nitrogens is 2. The number of nitrogens with one attached hydrogen (secondary N) is 1. The van der Waals surface area contributed by atoms with Gasteiger partial charge in [0.2, 0.25) is 5.91 Å². The fraction of sp³-hybridized carbons (Fsp3) is 0.348. The van der Waals surface area contributed by atoms with E-state index < -0.39 is 21.3 Å². The molecule has 166 valence electrons. The molecule has 1 aliphatic carbocycles. The Labute approximate surface area is 186 Å². The van der Waals surface area contributed by atoms with Gasteiger partial charge in [0.25, 0.3) is 10.0 Å². The highest BCUT2D eigenvalue weighted by atomic mass is 32.2. The maximum atomic E-state index is 13.4. The van der Waals surface area contributed by atoms with Crippen LogP contribution in [0.5, 0.6) is 5.75 Å². The smallest absolute Gasteiger partial charge is 0.264 e. The van der Waals surface area contributed by atoms with Gasteiger partial charge < -0.3 is 9.64 Å². The number of amides is 1. The van der Waals surface area contributed by atoms with E-state index in [1.54, 1.807) is 43.8 Å². The van der Waals surface area contributed by atoms with Crippen LogP contribution in [0.15, 0.2) is 53.7 Å². The van der Waals surface area contributed by atoms with Crippen molar-refractivity contribution in [2.45, 2.75) is 36.0 Å². The van der Waals surface area contributed by atoms with Crippen molar-refractivity contribution in [3.63, 3.8) is 0 Å². The highest BCUT2D eigenvalue weighted by Gasteiger charge is 2.54. The topological polar surface area (TPSA) is 101 Å². The lowest BCUT2D eigenvalue weighted by Gasteiger charge is -2.25. The summed E-state index contributed by atoms with van der Waals surface area (Å²) in [6.07, 6.45) is 6.49. The van der Waals surface area contributed by atoms with Gasteiger partial charge in [-0.2, -0.15) is 0 Å². The van der Waals surface area contributed by atoms with Crippen LogP contribution in [0.25, 0.3) is 10.9 Å². The summed E-state index contributed by atoms with van der Waals surface area (Å²) in [6, 6.07) is 10.0. The Hall–Kier alpha value is -3.20. The molecule has 8 nitrogen and oxygen atoms in total. The monoisotopic (exact) mass is 452 g/mol. The molecule has 5 rings (SSSR count). The lowest BCUT2D eigenvalue weighted by Crippen LogP contribution is -2.40. The van der Waals surface area contributed by atoms with E-state index in [1.807, 2.05) is 6.07 Å². The summed E-state index contributed by atoms with van der Waals surface area (Å²) in [7, 11) is -2.54. The van der Waals surface area contributed by atoms with Gasteiger partial charge in [-0.15, -0.1) is 0 Å². The number of methoxy groups -OCH3 is 1. The second kappa shape index (κ2) is 7.74. The second-order valence-electron chi connectivity index (χ2n) is 8.28. The van der Waals surface area contributed by atoms with Crippen LogP contribution >= 0.6 is 0 Å². The summed E-state index contributed by atoms with van der Waals surface area (Å²) in [5.74, 6) is 0.751. The van der Waals surface area contributed by atoms with Crippen molar-refractivity contribution < 1.29 is 17.9 Å². The number of sulfonamides is 1. The molecule has 0 unspecified atom stereocenters. The molecule has 9 heteroatoms. The largest absolute Gasteiger partial charge is 0.495 e. The van der Waals surface area contributed by atoms with Crippen molar-refractivity contribution in [3.8, 4) is 5.75 Å². The SMILES string of the molecule is COc1cnc(N2CCCC2)c(C2(C(=O)NS(=O)(=O)c3cccc4ncccc34)CC2)c1. The normalized spacial score (nSPS) is 17.3. The minimum absolute atomic E-state index is 0.0378. The third-order valence-electron chi connectivity index (χ3n) is 6.31. The molecule has 2 fully saturated rings. The van der Waals surface area contributed by atoms with E-state index in [0.29, 0.717) is 29.5 Å². The summed E-state index contributed by atoms with van der Waals surface area (Å²) in [5, 5.41) is 0.473. The number of anilines is 1. The first kappa shape index (κ1) is 20.7. The summed E-state index contributed by atoms with van der Waals surface area (Å²) in [4.78, 5) is 24.4. The van der Waals surface area contributed by atoms with Crippen LogP contribution in [-0.2, 0) is 20.2 Å². The molecule has 1 N–H and O–H groups in total. The Bertz CT molecular complexity index is 1290. The molecule has 1 aliphatic heterocycles. The van der Waals surface area contributed by atoms with Crippen LogP contribution in [0.2, 0.25) is 0 Å². The van der Waals surface area contributed by atoms with E-state index in [-0.39, 0.29) is 4.90 Å². The van der Waals surface area contributed by atoms with Gasteiger partial charge in [-0.05, 0) is 56.0 Å². The minimum Gasteiger partial charge on any atom is -0.495 e.